The number of hydrogen-bond donors (Lipinski definition) is 0. The fourth-order valence-electron chi connectivity index (χ4n) is 3.05. The zero-order valence-electron chi connectivity index (χ0n) is 14.4. The Balaban J connectivity index is 2.13. The number of thioether (sulfide) groups is 1. The summed E-state index contributed by atoms with van der Waals surface area (Å²) in [6.45, 7) is 8.27. The van der Waals surface area contributed by atoms with E-state index in [0.717, 1.165) is 15.2 Å². The minimum atomic E-state index is -0.771. The lowest BCUT2D eigenvalue weighted by Crippen LogP contribution is -2.50. The quantitative estimate of drug-likeness (QED) is 0.775. The molecule has 0 fully saturated rings. The Bertz CT molecular complexity index is 766. The summed E-state index contributed by atoms with van der Waals surface area (Å²) in [5, 5.41) is 2.84. The average molecular weight is 359 g/mol. The maximum atomic E-state index is 13.6. The molecule has 1 atom stereocenters. The zero-order valence-corrected chi connectivity index (χ0v) is 16.0. The van der Waals surface area contributed by atoms with Crippen molar-refractivity contribution in [2.45, 2.75) is 44.5 Å². The van der Waals surface area contributed by atoms with Crippen LogP contribution in [0, 0.1) is 0 Å². The van der Waals surface area contributed by atoms with Crippen LogP contribution in [-0.2, 0) is 9.54 Å². The van der Waals surface area contributed by atoms with Crippen molar-refractivity contribution in [2.75, 3.05) is 0 Å². The van der Waals surface area contributed by atoms with Gasteiger partial charge in [0.2, 0.25) is 0 Å². The molecule has 126 valence electrons. The first-order valence-electron chi connectivity index (χ1n) is 8.16. The number of rotatable bonds is 4. The van der Waals surface area contributed by atoms with Crippen molar-refractivity contribution in [3.8, 4) is 0 Å². The molecule has 0 spiro atoms. The van der Waals surface area contributed by atoms with Gasteiger partial charge < -0.3 is 4.90 Å². The molecule has 0 saturated heterocycles. The molecule has 1 unspecified atom stereocenters. The number of benzene rings is 1. The summed E-state index contributed by atoms with van der Waals surface area (Å²) in [7, 11) is 0. The molecule has 0 aliphatic carbocycles. The van der Waals surface area contributed by atoms with E-state index in [1.54, 1.807) is 11.3 Å². The maximum absolute atomic E-state index is 13.6. The number of thiazole rings is 1. The Morgan fingerprint density at radius 2 is 1.83 bits per heavy atom. The Morgan fingerprint density at radius 1 is 1.12 bits per heavy atom. The Labute approximate surface area is 151 Å². The molecule has 24 heavy (non-hydrogen) atoms. The zero-order chi connectivity index (χ0) is 17.3. The molecule has 1 aliphatic rings. The minimum absolute atomic E-state index is 0.108. The first-order valence-corrected chi connectivity index (χ1v) is 9.86. The van der Waals surface area contributed by atoms with Gasteiger partial charge in [-0.05, 0) is 45.2 Å². The van der Waals surface area contributed by atoms with Gasteiger partial charge in [0.25, 0.3) is 5.91 Å². The summed E-state index contributed by atoms with van der Waals surface area (Å²) in [5.74, 6) is 0.108. The lowest BCUT2D eigenvalue weighted by atomic mass is 10.0. The molecule has 0 radical (unpaired) electrons. The van der Waals surface area contributed by atoms with E-state index >= 15 is 0 Å². The second-order valence-electron chi connectivity index (χ2n) is 6.43. The van der Waals surface area contributed by atoms with Gasteiger partial charge in [-0.15, -0.1) is 23.1 Å². The van der Waals surface area contributed by atoms with Crippen LogP contribution in [0.1, 0.15) is 32.7 Å². The number of amides is 1. The monoisotopic (exact) mass is 358 g/mol. The number of allylic oxidation sites excluding steroid dienone is 2. The summed E-state index contributed by atoms with van der Waals surface area (Å²) in [6, 6.07) is 8.34. The van der Waals surface area contributed by atoms with Crippen LogP contribution < -0.4 is 0 Å². The van der Waals surface area contributed by atoms with E-state index in [4.69, 9.17) is 4.98 Å². The normalized spacial score (nSPS) is 20.2. The van der Waals surface area contributed by atoms with Crippen molar-refractivity contribution in [2.24, 2.45) is 0 Å². The molecule has 5 heteroatoms. The average Bonchev–Trinajstić information content (AvgIpc) is 2.99. The third-order valence-electron chi connectivity index (χ3n) is 4.05. The lowest BCUT2D eigenvalue weighted by Gasteiger charge is -2.38. The third kappa shape index (κ3) is 2.91. The van der Waals surface area contributed by atoms with Crippen LogP contribution in [0.4, 0.5) is 0 Å². The summed E-state index contributed by atoms with van der Waals surface area (Å²) in [5.41, 5.74) is 0.953. The fourth-order valence-corrected chi connectivity index (χ4v) is 5.23. The van der Waals surface area contributed by atoms with Gasteiger partial charge >= 0.3 is 0 Å². The van der Waals surface area contributed by atoms with E-state index in [9.17, 15) is 4.79 Å². The number of hydrogen-bond acceptors (Lipinski definition) is 4. The van der Waals surface area contributed by atoms with Gasteiger partial charge in [-0.25, -0.2) is 4.98 Å². The SMILES string of the molecule is CC(C)N(C(=O)C1(c2nc3ccccc3s2)C=CC=CS1)C(C)C. The van der Waals surface area contributed by atoms with Crippen molar-refractivity contribution in [3.63, 3.8) is 0 Å². The van der Waals surface area contributed by atoms with Gasteiger partial charge in [0, 0.05) is 12.1 Å². The van der Waals surface area contributed by atoms with Crippen LogP contribution in [0.25, 0.3) is 10.2 Å². The van der Waals surface area contributed by atoms with Crippen LogP contribution in [0.15, 0.2) is 47.9 Å². The molecule has 2 heterocycles. The topological polar surface area (TPSA) is 33.2 Å². The van der Waals surface area contributed by atoms with E-state index in [0.29, 0.717) is 0 Å². The molecular weight excluding hydrogens is 336 g/mol. The Morgan fingerprint density at radius 3 is 2.42 bits per heavy atom. The number of para-hydroxylation sites is 1. The summed E-state index contributed by atoms with van der Waals surface area (Å²) in [4.78, 5) is 20.3. The maximum Gasteiger partial charge on any atom is 0.250 e. The smallest absolute Gasteiger partial charge is 0.250 e. The van der Waals surface area contributed by atoms with Crippen LogP contribution >= 0.6 is 23.1 Å². The number of nitrogens with zero attached hydrogens (tertiary/aromatic N) is 2. The van der Waals surface area contributed by atoms with E-state index in [-0.39, 0.29) is 18.0 Å². The molecule has 0 bridgehead atoms. The summed E-state index contributed by atoms with van der Waals surface area (Å²) in [6.07, 6.45) is 5.92. The Hall–Kier alpha value is -1.59. The first-order chi connectivity index (χ1) is 11.5. The lowest BCUT2D eigenvalue weighted by molar-refractivity contribution is -0.136. The van der Waals surface area contributed by atoms with Crippen molar-refractivity contribution >= 4 is 39.2 Å². The molecule has 1 aromatic heterocycles. The van der Waals surface area contributed by atoms with Crippen molar-refractivity contribution in [3.05, 3.63) is 52.9 Å². The summed E-state index contributed by atoms with van der Waals surface area (Å²) < 4.78 is 0.344. The molecule has 0 N–H and O–H groups in total. The minimum Gasteiger partial charge on any atom is -0.336 e. The van der Waals surface area contributed by atoms with E-state index < -0.39 is 4.75 Å². The summed E-state index contributed by atoms with van der Waals surface area (Å²) >= 11 is 3.15. The molecular formula is C19H22N2OS2. The van der Waals surface area contributed by atoms with Gasteiger partial charge in [-0.2, -0.15) is 0 Å². The first kappa shape index (κ1) is 17.2. The molecule has 1 amide bonds. The van der Waals surface area contributed by atoms with Crippen LogP contribution in [-0.4, -0.2) is 27.9 Å². The molecule has 3 nitrogen and oxygen atoms in total. The Kier molecular flexibility index (Phi) is 4.83. The predicted molar refractivity (Wildman–Crippen MR) is 104 cm³/mol. The van der Waals surface area contributed by atoms with Gasteiger partial charge in [0.1, 0.15) is 5.01 Å². The van der Waals surface area contributed by atoms with Gasteiger partial charge in [-0.1, -0.05) is 30.4 Å². The van der Waals surface area contributed by atoms with Crippen molar-refractivity contribution in [1.29, 1.82) is 0 Å². The van der Waals surface area contributed by atoms with Gasteiger partial charge in [0.15, 0.2) is 4.75 Å². The molecule has 1 aromatic carbocycles. The highest BCUT2D eigenvalue weighted by Crippen LogP contribution is 2.46. The van der Waals surface area contributed by atoms with Gasteiger partial charge in [0.05, 0.1) is 10.2 Å². The largest absolute Gasteiger partial charge is 0.336 e. The number of carbonyl (C=O) groups excluding carboxylic acids is 1. The van der Waals surface area contributed by atoms with E-state index in [2.05, 4.69) is 33.8 Å². The predicted octanol–water partition coefficient (Wildman–Crippen LogP) is 4.95. The molecule has 1 aliphatic heterocycles. The second kappa shape index (κ2) is 6.73. The standard InChI is InChI=1S/C19H22N2OS2/c1-13(2)21(14(3)4)18(22)19(11-7-8-12-23-19)17-20-15-9-5-6-10-16(15)24-17/h5-14H,1-4H3. The number of carbonyl (C=O) groups is 1. The fraction of sp³-hybridized carbons (Fsp3) is 0.368. The van der Waals surface area contributed by atoms with Crippen molar-refractivity contribution in [1.82, 2.24) is 9.88 Å². The molecule has 2 aromatic rings. The van der Waals surface area contributed by atoms with Crippen LogP contribution in [0.5, 0.6) is 0 Å². The number of aromatic nitrogens is 1. The number of fused-ring (bicyclic) bond motifs is 1. The second-order valence-corrected chi connectivity index (χ2v) is 8.61. The van der Waals surface area contributed by atoms with E-state index in [1.165, 1.54) is 11.8 Å². The van der Waals surface area contributed by atoms with E-state index in [1.807, 2.05) is 46.7 Å². The third-order valence-corrected chi connectivity index (χ3v) is 6.52. The van der Waals surface area contributed by atoms with Crippen LogP contribution in [0.2, 0.25) is 0 Å². The van der Waals surface area contributed by atoms with Gasteiger partial charge in [-0.3, -0.25) is 4.79 Å². The molecule has 0 saturated carbocycles. The highest BCUT2D eigenvalue weighted by Gasteiger charge is 2.45. The van der Waals surface area contributed by atoms with Crippen LogP contribution in [0.3, 0.4) is 0 Å². The highest BCUT2D eigenvalue weighted by atomic mass is 32.2. The van der Waals surface area contributed by atoms with Crippen molar-refractivity contribution < 1.29 is 4.79 Å². The molecule has 3 rings (SSSR count). The highest BCUT2D eigenvalue weighted by molar-refractivity contribution is 8.04.